The third-order valence-corrected chi connectivity index (χ3v) is 3.87. The average Bonchev–Trinajstić information content (AvgIpc) is 3.28. The predicted molar refractivity (Wildman–Crippen MR) is 70.4 cm³/mol. The van der Waals surface area contributed by atoms with Crippen molar-refractivity contribution in [1.29, 1.82) is 0 Å². The van der Waals surface area contributed by atoms with Crippen LogP contribution in [-0.2, 0) is 14.3 Å². The first-order valence-corrected chi connectivity index (χ1v) is 6.95. The van der Waals surface area contributed by atoms with Gasteiger partial charge in [0.1, 0.15) is 0 Å². The number of ether oxygens (including phenoxy) is 1. The Labute approximate surface area is 113 Å². The SMILES string of the molecule is COC(CN)CC(=O)N1CCN(C(=O)C2CC2)CC1. The Morgan fingerprint density at radius 3 is 2.26 bits per heavy atom. The lowest BCUT2D eigenvalue weighted by Crippen LogP contribution is -2.51. The second-order valence-electron chi connectivity index (χ2n) is 5.28. The number of nitrogens with two attached hydrogens (primary N) is 1. The minimum Gasteiger partial charge on any atom is -0.380 e. The highest BCUT2D eigenvalue weighted by Crippen LogP contribution is 2.31. The van der Waals surface area contributed by atoms with E-state index in [1.165, 1.54) is 0 Å². The highest BCUT2D eigenvalue weighted by molar-refractivity contribution is 5.82. The lowest BCUT2D eigenvalue weighted by Gasteiger charge is -2.35. The largest absolute Gasteiger partial charge is 0.380 e. The molecule has 0 aromatic rings. The molecular weight excluding hydrogens is 246 g/mol. The number of carbonyl (C=O) groups excluding carboxylic acids is 2. The molecule has 1 heterocycles. The van der Waals surface area contributed by atoms with Crippen molar-refractivity contribution in [3.05, 3.63) is 0 Å². The second-order valence-corrected chi connectivity index (χ2v) is 5.28. The van der Waals surface area contributed by atoms with Crippen LogP contribution in [0.25, 0.3) is 0 Å². The standard InChI is InChI=1S/C13H23N3O3/c1-19-11(9-14)8-12(17)15-4-6-16(7-5-15)13(18)10-2-3-10/h10-11H,2-9,14H2,1H3. The monoisotopic (exact) mass is 269 g/mol. The number of rotatable bonds is 5. The van der Waals surface area contributed by atoms with Gasteiger partial charge in [0.25, 0.3) is 0 Å². The Kier molecular flexibility index (Phi) is 4.76. The van der Waals surface area contributed by atoms with Gasteiger partial charge in [-0.3, -0.25) is 9.59 Å². The summed E-state index contributed by atoms with van der Waals surface area (Å²) in [6.45, 7) is 2.90. The Balaban J connectivity index is 1.75. The first-order chi connectivity index (χ1) is 9.15. The first kappa shape index (κ1) is 14.3. The van der Waals surface area contributed by atoms with E-state index in [0.717, 1.165) is 12.8 Å². The highest BCUT2D eigenvalue weighted by atomic mass is 16.5. The van der Waals surface area contributed by atoms with Crippen LogP contribution in [0.5, 0.6) is 0 Å². The summed E-state index contributed by atoms with van der Waals surface area (Å²) in [5, 5.41) is 0. The summed E-state index contributed by atoms with van der Waals surface area (Å²) in [5.74, 6) is 0.594. The molecule has 0 spiro atoms. The molecule has 108 valence electrons. The molecule has 6 heteroatoms. The minimum atomic E-state index is -0.210. The Morgan fingerprint density at radius 1 is 1.21 bits per heavy atom. The summed E-state index contributed by atoms with van der Waals surface area (Å²) in [6.07, 6.45) is 2.18. The van der Waals surface area contributed by atoms with E-state index in [2.05, 4.69) is 0 Å². The third kappa shape index (κ3) is 3.67. The summed E-state index contributed by atoms with van der Waals surface area (Å²) in [5.41, 5.74) is 5.51. The molecule has 0 aromatic heterocycles. The van der Waals surface area contributed by atoms with Gasteiger partial charge in [0.2, 0.25) is 11.8 Å². The van der Waals surface area contributed by atoms with Gasteiger partial charge in [-0.25, -0.2) is 0 Å². The van der Waals surface area contributed by atoms with Gasteiger partial charge in [0.15, 0.2) is 0 Å². The molecular formula is C13H23N3O3. The van der Waals surface area contributed by atoms with Crippen molar-refractivity contribution in [1.82, 2.24) is 9.80 Å². The molecule has 1 aliphatic carbocycles. The van der Waals surface area contributed by atoms with Gasteiger partial charge >= 0.3 is 0 Å². The quantitative estimate of drug-likeness (QED) is 0.725. The molecule has 2 N–H and O–H groups in total. The maximum Gasteiger partial charge on any atom is 0.225 e. The van der Waals surface area contributed by atoms with Crippen molar-refractivity contribution >= 4 is 11.8 Å². The van der Waals surface area contributed by atoms with Crippen LogP contribution in [0.4, 0.5) is 0 Å². The maximum absolute atomic E-state index is 12.0. The predicted octanol–water partition coefficient (Wildman–Crippen LogP) is -0.569. The summed E-state index contributed by atoms with van der Waals surface area (Å²) >= 11 is 0. The number of hydrogen-bond donors (Lipinski definition) is 1. The third-order valence-electron chi connectivity index (χ3n) is 3.87. The number of hydrogen-bond acceptors (Lipinski definition) is 4. The molecule has 2 rings (SSSR count). The lowest BCUT2D eigenvalue weighted by atomic mass is 10.2. The zero-order chi connectivity index (χ0) is 13.8. The number of piperazine rings is 1. The van der Waals surface area contributed by atoms with Crippen LogP contribution < -0.4 is 5.73 Å². The summed E-state index contributed by atoms with van der Waals surface area (Å²) < 4.78 is 5.12. The van der Waals surface area contributed by atoms with Crippen molar-refractivity contribution < 1.29 is 14.3 Å². The van der Waals surface area contributed by atoms with E-state index in [-0.39, 0.29) is 23.8 Å². The van der Waals surface area contributed by atoms with E-state index in [1.54, 1.807) is 12.0 Å². The molecule has 6 nitrogen and oxygen atoms in total. The number of methoxy groups -OCH3 is 1. The molecule has 2 aliphatic rings. The molecule has 19 heavy (non-hydrogen) atoms. The van der Waals surface area contributed by atoms with Gasteiger partial charge < -0.3 is 20.3 Å². The topological polar surface area (TPSA) is 75.9 Å². The maximum atomic E-state index is 12.0. The summed E-state index contributed by atoms with van der Waals surface area (Å²) in [6, 6.07) is 0. The fourth-order valence-corrected chi connectivity index (χ4v) is 2.35. The smallest absolute Gasteiger partial charge is 0.225 e. The van der Waals surface area contributed by atoms with Crippen LogP contribution in [0.2, 0.25) is 0 Å². The molecule has 1 aliphatic heterocycles. The van der Waals surface area contributed by atoms with E-state index < -0.39 is 0 Å². The van der Waals surface area contributed by atoms with E-state index >= 15 is 0 Å². The van der Waals surface area contributed by atoms with Crippen molar-refractivity contribution in [2.24, 2.45) is 11.7 Å². The van der Waals surface area contributed by atoms with Crippen LogP contribution in [0.3, 0.4) is 0 Å². The van der Waals surface area contributed by atoms with Crippen LogP contribution in [-0.4, -0.2) is 67.6 Å². The van der Waals surface area contributed by atoms with Gasteiger partial charge in [0, 0.05) is 45.8 Å². The molecule has 0 aromatic carbocycles. The fourth-order valence-electron chi connectivity index (χ4n) is 2.35. The minimum absolute atomic E-state index is 0.0656. The zero-order valence-corrected chi connectivity index (χ0v) is 11.5. The van der Waals surface area contributed by atoms with E-state index in [9.17, 15) is 9.59 Å². The molecule has 0 bridgehead atoms. The molecule has 1 unspecified atom stereocenters. The summed E-state index contributed by atoms with van der Waals surface area (Å²) in [4.78, 5) is 27.6. The molecule has 0 radical (unpaired) electrons. The Bertz CT molecular complexity index is 332. The second kappa shape index (κ2) is 6.34. The van der Waals surface area contributed by atoms with Crippen molar-refractivity contribution in [2.75, 3.05) is 39.8 Å². The van der Waals surface area contributed by atoms with Gasteiger partial charge in [-0.05, 0) is 12.8 Å². The van der Waals surface area contributed by atoms with Crippen molar-refractivity contribution in [3.63, 3.8) is 0 Å². The van der Waals surface area contributed by atoms with E-state index in [0.29, 0.717) is 39.1 Å². The van der Waals surface area contributed by atoms with Crippen LogP contribution in [0.15, 0.2) is 0 Å². The van der Waals surface area contributed by atoms with Crippen molar-refractivity contribution in [2.45, 2.75) is 25.4 Å². The van der Waals surface area contributed by atoms with Crippen LogP contribution >= 0.6 is 0 Å². The first-order valence-electron chi connectivity index (χ1n) is 6.95. The molecule has 1 saturated carbocycles. The van der Waals surface area contributed by atoms with Crippen LogP contribution in [0, 0.1) is 5.92 Å². The fraction of sp³-hybridized carbons (Fsp3) is 0.846. The van der Waals surface area contributed by atoms with E-state index in [1.807, 2.05) is 4.90 Å². The Hall–Kier alpha value is -1.14. The summed E-state index contributed by atoms with van der Waals surface area (Å²) in [7, 11) is 1.57. The highest BCUT2D eigenvalue weighted by Gasteiger charge is 2.35. The normalized spacial score (nSPS) is 21.4. The molecule has 2 amide bonds. The van der Waals surface area contributed by atoms with Gasteiger partial charge in [-0.2, -0.15) is 0 Å². The zero-order valence-electron chi connectivity index (χ0n) is 11.5. The van der Waals surface area contributed by atoms with E-state index in [4.69, 9.17) is 10.5 Å². The van der Waals surface area contributed by atoms with Crippen LogP contribution in [0.1, 0.15) is 19.3 Å². The van der Waals surface area contributed by atoms with Gasteiger partial charge in [-0.1, -0.05) is 0 Å². The lowest BCUT2D eigenvalue weighted by molar-refractivity contribution is -0.141. The number of amides is 2. The number of carbonyl (C=O) groups is 2. The Morgan fingerprint density at radius 2 is 1.79 bits per heavy atom. The molecule has 2 fully saturated rings. The number of nitrogens with zero attached hydrogens (tertiary/aromatic N) is 2. The van der Waals surface area contributed by atoms with Crippen molar-refractivity contribution in [3.8, 4) is 0 Å². The average molecular weight is 269 g/mol. The van der Waals surface area contributed by atoms with Gasteiger partial charge in [-0.15, -0.1) is 0 Å². The van der Waals surface area contributed by atoms with Gasteiger partial charge in [0.05, 0.1) is 12.5 Å². The molecule has 1 atom stereocenters. The molecule has 1 saturated heterocycles.